The van der Waals surface area contributed by atoms with Crippen molar-refractivity contribution in [2.24, 2.45) is 0 Å². The molecule has 0 saturated heterocycles. The van der Waals surface area contributed by atoms with Gasteiger partial charge in [0.15, 0.2) is 0 Å². The molecule has 1 radical (unpaired) electrons. The van der Waals surface area contributed by atoms with Crippen LogP contribution in [0.4, 0.5) is 0 Å². The van der Waals surface area contributed by atoms with Crippen molar-refractivity contribution in [2.45, 2.75) is 51.4 Å². The monoisotopic (exact) mass is 241 g/mol. The summed E-state index contributed by atoms with van der Waals surface area (Å²) in [6.07, 6.45) is 20.9. The molecule has 0 unspecified atom stereocenters. The maximum absolute atomic E-state index is 5.37. The smallest absolute Gasteiger partial charge is 0.400 e. The molecule has 0 amide bonds. The van der Waals surface area contributed by atoms with E-state index in [4.69, 9.17) is 4.65 Å². The van der Waals surface area contributed by atoms with Crippen molar-refractivity contribution in [3.63, 3.8) is 0 Å². The van der Waals surface area contributed by atoms with Crippen LogP contribution in [0.15, 0.2) is 47.7 Å². The van der Waals surface area contributed by atoms with Gasteiger partial charge in [0.1, 0.15) is 0 Å². The average molecular weight is 241 g/mol. The van der Waals surface area contributed by atoms with Gasteiger partial charge in [0.05, 0.1) is 6.26 Å². The Hall–Kier alpha value is -1.18. The van der Waals surface area contributed by atoms with Gasteiger partial charge in [-0.05, 0) is 63.0 Å². The van der Waals surface area contributed by atoms with Crippen LogP contribution in [0.3, 0.4) is 0 Å². The molecule has 2 aliphatic rings. The van der Waals surface area contributed by atoms with Crippen LogP contribution in [0.5, 0.6) is 0 Å². The van der Waals surface area contributed by atoms with Crippen molar-refractivity contribution >= 4 is 7.48 Å². The molecule has 95 valence electrons. The van der Waals surface area contributed by atoms with E-state index in [9.17, 15) is 0 Å². The standard InChI is InChI=1S/C16H22BO/c1-3-7-15(8-4-1)11-13-17-18-14-12-16-9-5-2-6-10-16/h7,9,11-14H,1-6,8,10H2. The molecule has 0 N–H and O–H groups in total. The molecule has 0 aliphatic heterocycles. The fourth-order valence-electron chi connectivity index (χ4n) is 2.41. The largest absolute Gasteiger partial charge is 0.563 e. The van der Waals surface area contributed by atoms with Crippen molar-refractivity contribution in [3.8, 4) is 0 Å². The lowest BCUT2D eigenvalue weighted by Gasteiger charge is -2.08. The van der Waals surface area contributed by atoms with Crippen LogP contribution in [0.2, 0.25) is 0 Å². The molecule has 0 bridgehead atoms. The second-order valence-electron chi connectivity index (χ2n) is 4.98. The Kier molecular flexibility index (Phi) is 5.91. The summed E-state index contributed by atoms with van der Waals surface area (Å²) in [5, 5.41) is 0. The highest BCUT2D eigenvalue weighted by Crippen LogP contribution is 2.18. The minimum Gasteiger partial charge on any atom is -0.563 e. The summed E-state index contributed by atoms with van der Waals surface area (Å²) in [4.78, 5) is 0. The molecular weight excluding hydrogens is 219 g/mol. The van der Waals surface area contributed by atoms with Gasteiger partial charge in [-0.2, -0.15) is 0 Å². The number of hydrogen-bond acceptors (Lipinski definition) is 1. The summed E-state index contributed by atoms with van der Waals surface area (Å²) in [7, 11) is 1.76. The number of allylic oxidation sites excluding steroid dienone is 6. The SMILES string of the molecule is [B](C=CC1=CCCCC1)OC=CC1=CCCCC1. The van der Waals surface area contributed by atoms with Gasteiger partial charge in [-0.1, -0.05) is 29.8 Å². The second kappa shape index (κ2) is 8.02. The fraction of sp³-hybridized carbons (Fsp3) is 0.500. The third-order valence-corrected chi connectivity index (χ3v) is 3.48. The van der Waals surface area contributed by atoms with E-state index in [-0.39, 0.29) is 0 Å². The predicted molar refractivity (Wildman–Crippen MR) is 78.2 cm³/mol. The molecule has 0 spiro atoms. The molecule has 0 aromatic carbocycles. The van der Waals surface area contributed by atoms with Gasteiger partial charge in [0.25, 0.3) is 0 Å². The minimum absolute atomic E-state index is 1.20. The van der Waals surface area contributed by atoms with Gasteiger partial charge < -0.3 is 4.65 Å². The van der Waals surface area contributed by atoms with E-state index in [1.807, 2.05) is 5.98 Å². The summed E-state index contributed by atoms with van der Waals surface area (Å²) >= 11 is 0. The Morgan fingerprint density at radius 1 is 0.889 bits per heavy atom. The zero-order valence-electron chi connectivity index (χ0n) is 11.1. The van der Waals surface area contributed by atoms with E-state index < -0.39 is 0 Å². The van der Waals surface area contributed by atoms with Crippen LogP contribution < -0.4 is 0 Å². The van der Waals surface area contributed by atoms with Gasteiger partial charge in [0.2, 0.25) is 0 Å². The first-order valence-corrected chi connectivity index (χ1v) is 7.15. The van der Waals surface area contributed by atoms with E-state index >= 15 is 0 Å². The first-order valence-electron chi connectivity index (χ1n) is 7.15. The van der Waals surface area contributed by atoms with E-state index in [0.717, 1.165) is 0 Å². The average Bonchev–Trinajstić information content (AvgIpc) is 2.45. The maximum atomic E-state index is 5.37. The van der Waals surface area contributed by atoms with Crippen LogP contribution in [-0.4, -0.2) is 7.48 Å². The van der Waals surface area contributed by atoms with E-state index in [1.54, 1.807) is 13.7 Å². The van der Waals surface area contributed by atoms with E-state index in [0.29, 0.717) is 0 Å². The lowest BCUT2D eigenvalue weighted by molar-refractivity contribution is 0.521. The van der Waals surface area contributed by atoms with Crippen molar-refractivity contribution in [2.75, 3.05) is 0 Å². The van der Waals surface area contributed by atoms with E-state index in [1.165, 1.54) is 62.5 Å². The first-order chi connectivity index (χ1) is 8.95. The highest BCUT2D eigenvalue weighted by molar-refractivity contribution is 6.34. The van der Waals surface area contributed by atoms with Crippen molar-refractivity contribution < 1.29 is 4.65 Å². The molecule has 0 atom stereocenters. The highest BCUT2D eigenvalue weighted by atomic mass is 16.4. The lowest BCUT2D eigenvalue weighted by Crippen LogP contribution is -1.92. The summed E-state index contributed by atoms with van der Waals surface area (Å²) in [5.74, 6) is 2.00. The zero-order valence-corrected chi connectivity index (χ0v) is 11.1. The third-order valence-electron chi connectivity index (χ3n) is 3.48. The van der Waals surface area contributed by atoms with Gasteiger partial charge >= 0.3 is 7.48 Å². The van der Waals surface area contributed by atoms with Crippen molar-refractivity contribution in [3.05, 3.63) is 47.7 Å². The second-order valence-corrected chi connectivity index (χ2v) is 4.98. The Bertz CT molecular complexity index is 327. The minimum atomic E-state index is 1.20. The third kappa shape index (κ3) is 4.99. The van der Waals surface area contributed by atoms with Crippen LogP contribution in [0, 0.1) is 0 Å². The van der Waals surface area contributed by atoms with E-state index in [2.05, 4.69) is 24.3 Å². The number of rotatable bonds is 5. The Labute approximate surface area is 112 Å². The molecule has 0 heterocycles. The van der Waals surface area contributed by atoms with Crippen LogP contribution in [0.25, 0.3) is 0 Å². The molecule has 18 heavy (non-hydrogen) atoms. The van der Waals surface area contributed by atoms with Gasteiger partial charge in [-0.15, -0.1) is 0 Å². The summed E-state index contributed by atoms with van der Waals surface area (Å²) in [6, 6.07) is 0. The number of hydrogen-bond donors (Lipinski definition) is 0. The summed E-state index contributed by atoms with van der Waals surface area (Å²) in [6.45, 7) is 0. The predicted octanol–water partition coefficient (Wildman–Crippen LogP) is 4.65. The topological polar surface area (TPSA) is 9.23 Å². The Balaban J connectivity index is 1.63. The molecule has 2 heteroatoms. The Morgan fingerprint density at radius 2 is 1.56 bits per heavy atom. The molecule has 0 aromatic rings. The zero-order chi connectivity index (χ0) is 12.5. The Morgan fingerprint density at radius 3 is 2.17 bits per heavy atom. The molecule has 0 aromatic heterocycles. The molecule has 2 rings (SSSR count). The van der Waals surface area contributed by atoms with Gasteiger partial charge in [-0.3, -0.25) is 0 Å². The first kappa shape index (κ1) is 13.3. The lowest BCUT2D eigenvalue weighted by atomic mass is 9.94. The van der Waals surface area contributed by atoms with Crippen molar-refractivity contribution in [1.82, 2.24) is 0 Å². The normalized spacial score (nSPS) is 20.9. The molecule has 2 aliphatic carbocycles. The van der Waals surface area contributed by atoms with Crippen LogP contribution in [0.1, 0.15) is 51.4 Å². The highest BCUT2D eigenvalue weighted by Gasteiger charge is 2.00. The quantitative estimate of drug-likeness (QED) is 0.386. The van der Waals surface area contributed by atoms with Crippen molar-refractivity contribution in [1.29, 1.82) is 0 Å². The summed E-state index contributed by atoms with van der Waals surface area (Å²) in [5.41, 5.74) is 2.86. The molecule has 0 fully saturated rings. The molecule has 0 saturated carbocycles. The summed E-state index contributed by atoms with van der Waals surface area (Å²) < 4.78 is 5.37. The molecular formula is C16H22BO. The maximum Gasteiger partial charge on any atom is 0.400 e. The van der Waals surface area contributed by atoms with Crippen LogP contribution >= 0.6 is 0 Å². The van der Waals surface area contributed by atoms with Gasteiger partial charge in [0, 0.05) is 0 Å². The fourth-order valence-corrected chi connectivity index (χ4v) is 2.41. The molecule has 1 nitrogen and oxygen atoms in total. The van der Waals surface area contributed by atoms with Gasteiger partial charge in [-0.25, -0.2) is 0 Å². The van der Waals surface area contributed by atoms with Crippen LogP contribution in [-0.2, 0) is 4.65 Å².